The highest BCUT2D eigenvalue weighted by molar-refractivity contribution is 5.75. The van der Waals surface area contributed by atoms with Crippen LogP contribution in [0.25, 0.3) is 11.0 Å². The van der Waals surface area contributed by atoms with Crippen LogP contribution in [0.15, 0.2) is 33.9 Å². The highest BCUT2D eigenvalue weighted by Gasteiger charge is 2.11. The molecular formula is C12H14N2O2. The van der Waals surface area contributed by atoms with Gasteiger partial charge in [-0.15, -0.1) is 0 Å². The van der Waals surface area contributed by atoms with Gasteiger partial charge in [0.05, 0.1) is 11.0 Å². The largest absolute Gasteiger partial charge is 0.317 e. The maximum atomic E-state index is 11.9. The predicted octanol–water partition coefficient (Wildman–Crippen LogP) is 1.28. The van der Waals surface area contributed by atoms with Crippen molar-refractivity contribution in [2.45, 2.75) is 19.9 Å². The van der Waals surface area contributed by atoms with E-state index >= 15 is 0 Å². The van der Waals surface area contributed by atoms with Crippen molar-refractivity contribution in [3.05, 3.63) is 45.0 Å². The van der Waals surface area contributed by atoms with Gasteiger partial charge in [-0.25, -0.2) is 0 Å². The number of hydrogen-bond acceptors (Lipinski definition) is 2. The second-order valence-electron chi connectivity index (χ2n) is 4.12. The summed E-state index contributed by atoms with van der Waals surface area (Å²) in [5.41, 5.74) is 0.633. The van der Waals surface area contributed by atoms with Crippen LogP contribution in [0.3, 0.4) is 0 Å². The quantitative estimate of drug-likeness (QED) is 0.677. The maximum absolute atomic E-state index is 11.9. The number of benzene rings is 1. The van der Waals surface area contributed by atoms with Gasteiger partial charge in [0, 0.05) is 13.1 Å². The van der Waals surface area contributed by atoms with Gasteiger partial charge in [0.15, 0.2) is 0 Å². The van der Waals surface area contributed by atoms with E-state index in [1.54, 1.807) is 7.05 Å². The molecule has 0 saturated carbocycles. The van der Waals surface area contributed by atoms with Crippen molar-refractivity contribution in [2.24, 2.45) is 7.05 Å². The molecule has 84 valence electrons. The SMILES string of the molecule is CC(C)n1c(=O)c(=O)n(C)c2ccccc21. The second kappa shape index (κ2) is 3.63. The Balaban J connectivity index is 3.11. The zero-order chi connectivity index (χ0) is 11.9. The van der Waals surface area contributed by atoms with Gasteiger partial charge in [-0.2, -0.15) is 0 Å². The first-order valence-corrected chi connectivity index (χ1v) is 5.24. The molecule has 1 aromatic heterocycles. The smallest absolute Gasteiger partial charge is 0.305 e. The summed E-state index contributed by atoms with van der Waals surface area (Å²) in [4.78, 5) is 23.6. The summed E-state index contributed by atoms with van der Waals surface area (Å²) in [7, 11) is 1.62. The minimum absolute atomic E-state index is 0.0219. The van der Waals surface area contributed by atoms with Gasteiger partial charge in [-0.05, 0) is 26.0 Å². The molecule has 1 heterocycles. The summed E-state index contributed by atoms with van der Waals surface area (Å²) >= 11 is 0. The van der Waals surface area contributed by atoms with Crippen molar-refractivity contribution in [3.63, 3.8) is 0 Å². The molecule has 0 amide bonds. The van der Waals surface area contributed by atoms with Crippen molar-refractivity contribution >= 4 is 11.0 Å². The normalized spacial score (nSPS) is 11.2. The lowest BCUT2D eigenvalue weighted by atomic mass is 10.2. The molecule has 0 fully saturated rings. The lowest BCUT2D eigenvalue weighted by Crippen LogP contribution is -2.41. The molecule has 4 nitrogen and oxygen atoms in total. The third-order valence-corrected chi connectivity index (χ3v) is 2.73. The molecule has 0 radical (unpaired) electrons. The fourth-order valence-corrected chi connectivity index (χ4v) is 1.93. The van der Waals surface area contributed by atoms with Gasteiger partial charge < -0.3 is 4.57 Å². The Labute approximate surface area is 92.8 Å². The van der Waals surface area contributed by atoms with E-state index in [0.29, 0.717) is 0 Å². The first-order chi connectivity index (χ1) is 7.54. The average Bonchev–Trinajstić information content (AvgIpc) is 2.26. The summed E-state index contributed by atoms with van der Waals surface area (Å²) in [5, 5.41) is 0. The Morgan fingerprint density at radius 1 is 1.00 bits per heavy atom. The number of nitrogens with zero attached hydrogens (tertiary/aromatic N) is 2. The van der Waals surface area contributed by atoms with Crippen LogP contribution in [0.4, 0.5) is 0 Å². The van der Waals surface area contributed by atoms with E-state index in [-0.39, 0.29) is 6.04 Å². The highest BCUT2D eigenvalue weighted by Crippen LogP contribution is 2.13. The summed E-state index contributed by atoms with van der Waals surface area (Å²) in [5.74, 6) is 0. The van der Waals surface area contributed by atoms with Crippen molar-refractivity contribution in [3.8, 4) is 0 Å². The Bertz CT molecular complexity index is 650. The van der Waals surface area contributed by atoms with E-state index in [1.807, 2.05) is 38.1 Å². The van der Waals surface area contributed by atoms with Crippen LogP contribution >= 0.6 is 0 Å². The topological polar surface area (TPSA) is 44.0 Å². The van der Waals surface area contributed by atoms with Crippen LogP contribution in [0.1, 0.15) is 19.9 Å². The summed E-state index contributed by atoms with van der Waals surface area (Å²) in [6.07, 6.45) is 0. The van der Waals surface area contributed by atoms with Crippen molar-refractivity contribution in [1.82, 2.24) is 9.13 Å². The Morgan fingerprint density at radius 3 is 2.12 bits per heavy atom. The van der Waals surface area contributed by atoms with Crippen LogP contribution in [-0.2, 0) is 7.05 Å². The van der Waals surface area contributed by atoms with E-state index in [9.17, 15) is 9.59 Å². The maximum Gasteiger partial charge on any atom is 0.317 e. The molecular weight excluding hydrogens is 204 g/mol. The van der Waals surface area contributed by atoms with E-state index in [2.05, 4.69) is 0 Å². The molecule has 1 aromatic carbocycles. The van der Waals surface area contributed by atoms with Gasteiger partial charge in [0.1, 0.15) is 0 Å². The second-order valence-corrected chi connectivity index (χ2v) is 4.12. The fourth-order valence-electron chi connectivity index (χ4n) is 1.93. The molecule has 0 bridgehead atoms. The van der Waals surface area contributed by atoms with Gasteiger partial charge in [-0.3, -0.25) is 14.2 Å². The van der Waals surface area contributed by atoms with Crippen molar-refractivity contribution in [1.29, 1.82) is 0 Å². The minimum atomic E-state index is -0.479. The summed E-state index contributed by atoms with van der Waals surface area (Å²) < 4.78 is 2.94. The lowest BCUT2D eigenvalue weighted by molar-refractivity contribution is 0.586. The first-order valence-electron chi connectivity index (χ1n) is 5.24. The number of aromatic nitrogens is 2. The molecule has 0 aliphatic heterocycles. The van der Waals surface area contributed by atoms with E-state index in [0.717, 1.165) is 11.0 Å². The van der Waals surface area contributed by atoms with Gasteiger partial charge >= 0.3 is 11.1 Å². The van der Waals surface area contributed by atoms with E-state index in [1.165, 1.54) is 9.13 Å². The number of hydrogen-bond donors (Lipinski definition) is 0. The molecule has 0 atom stereocenters. The van der Waals surface area contributed by atoms with Crippen molar-refractivity contribution < 1.29 is 0 Å². The standard InChI is InChI=1S/C12H14N2O2/c1-8(2)14-10-7-5-4-6-9(10)13(3)11(15)12(14)16/h4-8H,1-3H3. The van der Waals surface area contributed by atoms with Crippen LogP contribution in [0.5, 0.6) is 0 Å². The number of fused-ring (bicyclic) bond motifs is 1. The third kappa shape index (κ3) is 1.38. The molecule has 0 saturated heterocycles. The Kier molecular flexibility index (Phi) is 2.42. The summed E-state index contributed by atoms with van der Waals surface area (Å²) in [6.45, 7) is 3.79. The lowest BCUT2D eigenvalue weighted by Gasteiger charge is -2.15. The predicted molar refractivity (Wildman–Crippen MR) is 63.8 cm³/mol. The summed E-state index contributed by atoms with van der Waals surface area (Å²) in [6, 6.07) is 7.40. The van der Waals surface area contributed by atoms with E-state index < -0.39 is 11.1 Å². The van der Waals surface area contributed by atoms with Gasteiger partial charge in [0.2, 0.25) is 0 Å². The average molecular weight is 218 g/mol. The van der Waals surface area contributed by atoms with Crippen molar-refractivity contribution in [2.75, 3.05) is 0 Å². The molecule has 0 aliphatic rings. The zero-order valence-electron chi connectivity index (χ0n) is 9.60. The molecule has 0 N–H and O–H groups in total. The van der Waals surface area contributed by atoms with Gasteiger partial charge in [-0.1, -0.05) is 12.1 Å². The number of para-hydroxylation sites is 2. The van der Waals surface area contributed by atoms with Crippen LogP contribution in [0, 0.1) is 0 Å². The molecule has 4 heteroatoms. The molecule has 2 aromatic rings. The Hall–Kier alpha value is -1.84. The van der Waals surface area contributed by atoms with Crippen LogP contribution < -0.4 is 11.1 Å². The highest BCUT2D eigenvalue weighted by atomic mass is 16.2. The molecule has 0 spiro atoms. The monoisotopic (exact) mass is 218 g/mol. The number of rotatable bonds is 1. The minimum Gasteiger partial charge on any atom is -0.305 e. The number of aryl methyl sites for hydroxylation is 1. The van der Waals surface area contributed by atoms with Crippen LogP contribution in [-0.4, -0.2) is 9.13 Å². The fraction of sp³-hybridized carbons (Fsp3) is 0.333. The molecule has 0 aliphatic carbocycles. The molecule has 2 rings (SSSR count). The Morgan fingerprint density at radius 2 is 1.56 bits per heavy atom. The zero-order valence-corrected chi connectivity index (χ0v) is 9.60. The first kappa shape index (κ1) is 10.7. The third-order valence-electron chi connectivity index (χ3n) is 2.73. The van der Waals surface area contributed by atoms with Crippen LogP contribution in [0.2, 0.25) is 0 Å². The van der Waals surface area contributed by atoms with E-state index in [4.69, 9.17) is 0 Å². The molecule has 16 heavy (non-hydrogen) atoms. The molecule has 0 unspecified atom stereocenters. The van der Waals surface area contributed by atoms with Gasteiger partial charge in [0.25, 0.3) is 0 Å².